The Hall–Kier alpha value is -2.13. The fourth-order valence-electron chi connectivity index (χ4n) is 4.81. The van der Waals surface area contributed by atoms with Crippen molar-refractivity contribution in [3.8, 4) is 0 Å². The van der Waals surface area contributed by atoms with Gasteiger partial charge in [0, 0.05) is 12.0 Å². The first-order chi connectivity index (χ1) is 11.8. The summed E-state index contributed by atoms with van der Waals surface area (Å²) in [6, 6.07) is 21.3. The lowest BCUT2D eigenvalue weighted by Crippen LogP contribution is -2.60. The van der Waals surface area contributed by atoms with Crippen LogP contribution in [0, 0.1) is 11.8 Å². The van der Waals surface area contributed by atoms with Crippen molar-refractivity contribution in [3.05, 3.63) is 71.8 Å². The van der Waals surface area contributed by atoms with E-state index in [-0.39, 0.29) is 23.8 Å². The first-order valence-electron chi connectivity index (χ1n) is 8.89. The van der Waals surface area contributed by atoms with E-state index >= 15 is 0 Å². The molecule has 0 radical (unpaired) electrons. The molecule has 2 bridgehead atoms. The van der Waals surface area contributed by atoms with Crippen molar-refractivity contribution < 1.29 is 4.79 Å². The lowest BCUT2D eigenvalue weighted by atomic mass is 9.66. The van der Waals surface area contributed by atoms with Crippen molar-refractivity contribution in [1.29, 1.82) is 0 Å². The van der Waals surface area contributed by atoms with E-state index in [1.807, 2.05) is 12.1 Å². The number of nitrogens with zero attached hydrogens (tertiary/aromatic N) is 1. The summed E-state index contributed by atoms with van der Waals surface area (Å²) in [6.45, 7) is 2.16. The van der Waals surface area contributed by atoms with Crippen LogP contribution in [0.15, 0.2) is 60.7 Å². The smallest absolute Gasteiger partial charge is 0.222 e. The van der Waals surface area contributed by atoms with Crippen LogP contribution in [-0.4, -0.2) is 29.9 Å². The number of hydrogen-bond donors (Lipinski definition) is 1. The number of benzene rings is 2. The Morgan fingerprint density at radius 2 is 1.42 bits per heavy atom. The van der Waals surface area contributed by atoms with E-state index in [9.17, 15) is 4.79 Å². The minimum atomic E-state index is -0.133. The number of nitrogens with two attached hydrogens (primary N) is 1. The van der Waals surface area contributed by atoms with Gasteiger partial charge in [-0.2, -0.15) is 0 Å². The van der Waals surface area contributed by atoms with Crippen molar-refractivity contribution in [3.63, 3.8) is 0 Å². The number of fused-ring (bicyclic) bond motifs is 3. The van der Waals surface area contributed by atoms with E-state index in [0.717, 1.165) is 25.9 Å². The van der Waals surface area contributed by atoms with Gasteiger partial charge in [0.25, 0.3) is 0 Å². The molecule has 0 spiro atoms. The first kappa shape index (κ1) is 15.4. The molecule has 2 aromatic rings. The van der Waals surface area contributed by atoms with Crippen LogP contribution < -0.4 is 5.73 Å². The SMILES string of the molecule is NC(=O)C1C2CCN(CC2)C1C(c1ccccc1)c1ccccc1. The van der Waals surface area contributed by atoms with Gasteiger partial charge in [-0.1, -0.05) is 60.7 Å². The zero-order chi connectivity index (χ0) is 16.5. The molecule has 2 N–H and O–H groups in total. The van der Waals surface area contributed by atoms with E-state index in [1.54, 1.807) is 0 Å². The highest BCUT2D eigenvalue weighted by Crippen LogP contribution is 2.45. The number of piperidine rings is 3. The molecule has 124 valence electrons. The molecular weight excluding hydrogens is 296 g/mol. The van der Waals surface area contributed by atoms with Crippen molar-refractivity contribution in [2.75, 3.05) is 13.1 Å². The third-order valence-corrected chi connectivity index (χ3v) is 5.86. The minimum absolute atomic E-state index is 0.0575. The molecule has 5 rings (SSSR count). The van der Waals surface area contributed by atoms with Crippen LogP contribution in [0.1, 0.15) is 29.9 Å². The molecule has 3 saturated heterocycles. The molecule has 3 aliphatic heterocycles. The number of carbonyl (C=O) groups is 1. The van der Waals surface area contributed by atoms with Gasteiger partial charge in [0.1, 0.15) is 0 Å². The van der Waals surface area contributed by atoms with Crippen molar-refractivity contribution >= 4 is 5.91 Å². The lowest BCUT2D eigenvalue weighted by molar-refractivity contribution is -0.132. The molecule has 2 unspecified atom stereocenters. The van der Waals surface area contributed by atoms with E-state index in [0.29, 0.717) is 5.92 Å². The van der Waals surface area contributed by atoms with Crippen molar-refractivity contribution in [2.24, 2.45) is 17.6 Å². The number of amides is 1. The molecule has 3 fully saturated rings. The van der Waals surface area contributed by atoms with Crippen LogP contribution in [0.4, 0.5) is 0 Å². The molecule has 0 saturated carbocycles. The highest BCUT2D eigenvalue weighted by molar-refractivity contribution is 5.78. The van der Waals surface area contributed by atoms with Gasteiger partial charge in [-0.3, -0.25) is 9.69 Å². The van der Waals surface area contributed by atoms with E-state index in [2.05, 4.69) is 53.4 Å². The topological polar surface area (TPSA) is 46.3 Å². The third kappa shape index (κ3) is 2.63. The molecular formula is C21H24N2O. The monoisotopic (exact) mass is 320 g/mol. The molecule has 3 nitrogen and oxygen atoms in total. The second kappa shape index (κ2) is 6.40. The van der Waals surface area contributed by atoms with Gasteiger partial charge in [0.15, 0.2) is 0 Å². The van der Waals surface area contributed by atoms with E-state index < -0.39 is 0 Å². The highest BCUT2D eigenvalue weighted by atomic mass is 16.1. The maximum absolute atomic E-state index is 12.3. The average Bonchev–Trinajstić information content (AvgIpc) is 2.64. The molecule has 24 heavy (non-hydrogen) atoms. The van der Waals surface area contributed by atoms with Gasteiger partial charge in [0.05, 0.1) is 5.92 Å². The Morgan fingerprint density at radius 3 is 1.88 bits per heavy atom. The van der Waals surface area contributed by atoms with E-state index in [1.165, 1.54) is 11.1 Å². The number of rotatable bonds is 4. The highest BCUT2D eigenvalue weighted by Gasteiger charge is 2.48. The minimum Gasteiger partial charge on any atom is -0.369 e. The molecule has 0 aromatic heterocycles. The normalized spacial score (nSPS) is 28.9. The van der Waals surface area contributed by atoms with Crippen LogP contribution in [0.25, 0.3) is 0 Å². The Kier molecular flexibility index (Phi) is 4.11. The fraction of sp³-hybridized carbons (Fsp3) is 0.381. The van der Waals surface area contributed by atoms with Gasteiger partial charge >= 0.3 is 0 Å². The van der Waals surface area contributed by atoms with Crippen molar-refractivity contribution in [2.45, 2.75) is 24.8 Å². The third-order valence-electron chi connectivity index (χ3n) is 5.86. The number of primary amides is 1. The van der Waals surface area contributed by atoms with Crippen LogP contribution >= 0.6 is 0 Å². The number of hydrogen-bond acceptors (Lipinski definition) is 2. The molecule has 1 amide bonds. The van der Waals surface area contributed by atoms with Gasteiger partial charge < -0.3 is 5.73 Å². The Labute approximate surface area is 143 Å². The zero-order valence-electron chi connectivity index (χ0n) is 13.8. The predicted octanol–water partition coefficient (Wildman–Crippen LogP) is 3.01. The molecule has 3 heteroatoms. The molecule has 2 aromatic carbocycles. The second-order valence-electron chi connectivity index (χ2n) is 7.09. The summed E-state index contributed by atoms with van der Waals surface area (Å²) in [5, 5.41) is 0. The Balaban J connectivity index is 1.82. The van der Waals surface area contributed by atoms with Gasteiger partial charge in [-0.25, -0.2) is 0 Å². The van der Waals surface area contributed by atoms with Crippen LogP contribution in [0.5, 0.6) is 0 Å². The standard InChI is InChI=1S/C21H24N2O/c22-21(24)19-17-11-13-23(14-12-17)20(19)18(15-7-3-1-4-8-15)16-9-5-2-6-10-16/h1-10,17-20H,11-14H2,(H2,22,24). The lowest BCUT2D eigenvalue weighted by Gasteiger charge is -2.52. The quantitative estimate of drug-likeness (QED) is 0.941. The Bertz CT molecular complexity index is 653. The average molecular weight is 320 g/mol. The molecule has 0 aliphatic carbocycles. The van der Waals surface area contributed by atoms with Crippen LogP contribution in [0.2, 0.25) is 0 Å². The predicted molar refractivity (Wildman–Crippen MR) is 95.5 cm³/mol. The van der Waals surface area contributed by atoms with Gasteiger partial charge in [0.2, 0.25) is 5.91 Å². The van der Waals surface area contributed by atoms with Gasteiger partial charge in [-0.15, -0.1) is 0 Å². The van der Waals surface area contributed by atoms with E-state index in [4.69, 9.17) is 5.73 Å². The first-order valence-corrected chi connectivity index (χ1v) is 8.89. The summed E-state index contributed by atoms with van der Waals surface area (Å²) in [4.78, 5) is 14.8. The Morgan fingerprint density at radius 1 is 0.917 bits per heavy atom. The maximum atomic E-state index is 12.3. The summed E-state index contributed by atoms with van der Waals surface area (Å²) in [7, 11) is 0. The number of carbonyl (C=O) groups excluding carboxylic acids is 1. The molecule has 3 aliphatic rings. The summed E-state index contributed by atoms with van der Waals surface area (Å²) < 4.78 is 0. The summed E-state index contributed by atoms with van der Waals surface area (Å²) in [5.41, 5.74) is 8.41. The van der Waals surface area contributed by atoms with Gasteiger partial charge in [-0.05, 0) is 43.0 Å². The second-order valence-corrected chi connectivity index (χ2v) is 7.09. The summed E-state index contributed by atoms with van der Waals surface area (Å²) in [6.07, 6.45) is 2.20. The fourth-order valence-corrected chi connectivity index (χ4v) is 4.81. The maximum Gasteiger partial charge on any atom is 0.222 e. The molecule has 2 atom stereocenters. The van der Waals surface area contributed by atoms with Crippen LogP contribution in [-0.2, 0) is 4.79 Å². The summed E-state index contributed by atoms with van der Waals surface area (Å²) in [5.74, 6) is 0.435. The zero-order valence-corrected chi connectivity index (χ0v) is 13.8. The largest absolute Gasteiger partial charge is 0.369 e. The van der Waals surface area contributed by atoms with Crippen molar-refractivity contribution in [1.82, 2.24) is 4.90 Å². The molecule has 3 heterocycles. The summed E-state index contributed by atoms with van der Waals surface area (Å²) >= 11 is 0. The van der Waals surface area contributed by atoms with Crippen LogP contribution in [0.3, 0.4) is 0 Å².